The number of nitrogens with one attached hydrogen (secondary N) is 1. The molecule has 40 heavy (non-hydrogen) atoms. The van der Waals surface area contributed by atoms with E-state index in [1.165, 1.54) is 13.4 Å². The second-order valence-corrected chi connectivity index (χ2v) is 11.5. The summed E-state index contributed by atoms with van der Waals surface area (Å²) in [4.78, 5) is 20.0. The van der Waals surface area contributed by atoms with Crippen molar-refractivity contribution in [3.8, 4) is 18.1 Å². The molecular weight excluding hydrogens is 531 g/mol. The maximum absolute atomic E-state index is 13.4. The molecule has 1 aliphatic heterocycles. The lowest BCUT2D eigenvalue weighted by molar-refractivity contribution is -0.143. The van der Waals surface area contributed by atoms with E-state index in [9.17, 15) is 9.36 Å². The molecule has 3 rings (SSSR count). The summed E-state index contributed by atoms with van der Waals surface area (Å²) in [5.41, 5.74) is 7.98. The van der Waals surface area contributed by atoms with Gasteiger partial charge >= 0.3 is 13.7 Å². The normalized spacial score (nSPS) is 21.0. The molecule has 1 aromatic carbocycles. The second kappa shape index (κ2) is 15.5. The van der Waals surface area contributed by atoms with Gasteiger partial charge in [-0.1, -0.05) is 51.0 Å². The molecule has 3 N–H and O–H groups in total. The summed E-state index contributed by atoms with van der Waals surface area (Å²) >= 11 is 0. The Hall–Kier alpha value is -3.22. The quantitative estimate of drug-likeness (QED) is 0.222. The van der Waals surface area contributed by atoms with Crippen LogP contribution in [0, 0.1) is 31.1 Å². The number of rotatable bonds is 10. The van der Waals surface area contributed by atoms with E-state index in [1.807, 2.05) is 46.8 Å². The first-order valence-electron chi connectivity index (χ1n) is 13.1. The van der Waals surface area contributed by atoms with Crippen LogP contribution in [-0.4, -0.2) is 47.9 Å². The SMILES string of the molecule is C#C/C(=C/C)c1c(C)ncnc1N.COC(=O)C(NP(=O)(OCC1CC(C)C(C)O1)Oc1ccccc1)C(C)C. The molecule has 0 radical (unpaired) electrons. The largest absolute Gasteiger partial charge is 0.468 e. The molecule has 5 atom stereocenters. The molecule has 1 fully saturated rings. The maximum Gasteiger partial charge on any atom is 0.459 e. The number of nitrogen functional groups attached to an aromatic ring is 1. The molecule has 10 nitrogen and oxygen atoms in total. The number of benzene rings is 1. The first kappa shape index (κ1) is 33.0. The van der Waals surface area contributed by atoms with Crippen LogP contribution in [0.3, 0.4) is 0 Å². The lowest BCUT2D eigenvalue weighted by Gasteiger charge is -2.27. The van der Waals surface area contributed by atoms with Crippen molar-refractivity contribution in [2.75, 3.05) is 19.5 Å². The van der Waals surface area contributed by atoms with Gasteiger partial charge in [0, 0.05) is 5.57 Å². The fraction of sp³-hybridized carbons (Fsp3) is 0.483. The van der Waals surface area contributed by atoms with Crippen LogP contribution < -0.4 is 15.3 Å². The van der Waals surface area contributed by atoms with E-state index in [0.29, 0.717) is 17.5 Å². The Morgan fingerprint density at radius 1 is 1.30 bits per heavy atom. The molecule has 2 aromatic rings. The summed E-state index contributed by atoms with van der Waals surface area (Å²) in [5, 5.41) is 2.76. The molecule has 0 spiro atoms. The third-order valence-corrected chi connectivity index (χ3v) is 7.98. The molecule has 0 aliphatic carbocycles. The van der Waals surface area contributed by atoms with Crippen LogP contribution in [0.4, 0.5) is 5.82 Å². The van der Waals surface area contributed by atoms with E-state index in [2.05, 4.69) is 27.9 Å². The zero-order chi connectivity index (χ0) is 29.9. The predicted molar refractivity (Wildman–Crippen MR) is 156 cm³/mol. The number of carbonyl (C=O) groups is 1. The number of esters is 1. The van der Waals surface area contributed by atoms with Crippen LogP contribution in [-0.2, 0) is 23.4 Å². The van der Waals surface area contributed by atoms with E-state index in [0.717, 1.165) is 23.3 Å². The van der Waals surface area contributed by atoms with E-state index in [4.69, 9.17) is 30.7 Å². The van der Waals surface area contributed by atoms with Crippen molar-refractivity contribution in [1.82, 2.24) is 15.1 Å². The van der Waals surface area contributed by atoms with E-state index < -0.39 is 19.8 Å². The summed E-state index contributed by atoms with van der Waals surface area (Å²) in [6.45, 7) is 11.6. The van der Waals surface area contributed by atoms with Gasteiger partial charge in [0.2, 0.25) is 0 Å². The van der Waals surface area contributed by atoms with Gasteiger partial charge in [0.05, 0.1) is 37.2 Å². The molecule has 218 valence electrons. The van der Waals surface area contributed by atoms with Gasteiger partial charge < -0.3 is 19.7 Å². The van der Waals surface area contributed by atoms with Crippen LogP contribution in [0.25, 0.3) is 5.57 Å². The standard InChI is InChI=1S/C19H30NO6P.C10H11N3/c1-13(2)18(19(21)23-5)20-27(22,26-16-9-7-6-8-10-16)24-12-17-11-14(3)15(4)25-17;1-4-8(5-2)9-7(3)12-6-13-10(9)11/h6-10,13-15,17-18H,11-12H2,1-5H3,(H,20,22);1,5-6H,2-3H3,(H2,11,12,13)/b;8-5-. The minimum Gasteiger partial charge on any atom is -0.468 e. The van der Waals surface area contributed by atoms with E-state index in [-0.39, 0.29) is 24.7 Å². The van der Waals surface area contributed by atoms with Gasteiger partial charge in [-0.05, 0) is 51.2 Å². The fourth-order valence-corrected chi connectivity index (χ4v) is 5.68. The smallest absolute Gasteiger partial charge is 0.459 e. The number of hydrogen-bond donors (Lipinski definition) is 2. The Balaban J connectivity index is 0.000000360. The summed E-state index contributed by atoms with van der Waals surface area (Å²) in [7, 11) is -2.55. The lowest BCUT2D eigenvalue weighted by Crippen LogP contribution is -2.41. The fourth-order valence-electron chi connectivity index (χ4n) is 3.99. The molecule has 2 heterocycles. The third kappa shape index (κ3) is 9.46. The number of methoxy groups -OCH3 is 1. The second-order valence-electron chi connectivity index (χ2n) is 9.81. The number of carbonyl (C=O) groups excluding carboxylic acids is 1. The summed E-state index contributed by atoms with van der Waals surface area (Å²) in [6.07, 6.45) is 9.35. The van der Waals surface area contributed by atoms with Gasteiger partial charge in [-0.3, -0.25) is 9.32 Å². The van der Waals surface area contributed by atoms with Crippen LogP contribution >= 0.6 is 7.75 Å². The van der Waals surface area contributed by atoms with Crippen LogP contribution in [0.15, 0.2) is 42.7 Å². The van der Waals surface area contributed by atoms with Crippen molar-refractivity contribution in [1.29, 1.82) is 0 Å². The van der Waals surface area contributed by atoms with Crippen molar-refractivity contribution in [3.63, 3.8) is 0 Å². The summed E-state index contributed by atoms with van der Waals surface area (Å²) < 4.78 is 35.4. The Labute approximate surface area is 237 Å². The molecule has 1 aromatic heterocycles. The number of aromatic nitrogens is 2. The minimum absolute atomic E-state index is 0.109. The number of ether oxygens (including phenoxy) is 2. The number of anilines is 1. The number of allylic oxidation sites excluding steroid dienone is 2. The van der Waals surface area contributed by atoms with Gasteiger partial charge in [-0.2, -0.15) is 5.09 Å². The Kier molecular flexibility index (Phi) is 12.8. The molecule has 1 aliphatic rings. The number of hydrogen-bond acceptors (Lipinski definition) is 9. The highest BCUT2D eigenvalue weighted by molar-refractivity contribution is 7.52. The molecule has 0 saturated carbocycles. The minimum atomic E-state index is -3.84. The van der Waals surface area contributed by atoms with Crippen LogP contribution in [0.2, 0.25) is 0 Å². The highest BCUT2D eigenvalue weighted by Crippen LogP contribution is 2.46. The van der Waals surface area contributed by atoms with Crippen molar-refractivity contribution >= 4 is 25.1 Å². The lowest BCUT2D eigenvalue weighted by atomic mass is 10.0. The monoisotopic (exact) mass is 572 g/mol. The number of nitrogens with two attached hydrogens (primary N) is 1. The van der Waals surface area contributed by atoms with Gasteiger partial charge in [0.1, 0.15) is 23.9 Å². The topological polar surface area (TPSA) is 135 Å². The van der Waals surface area contributed by atoms with Gasteiger partial charge in [0.25, 0.3) is 0 Å². The summed E-state index contributed by atoms with van der Waals surface area (Å²) in [6, 6.07) is 7.89. The van der Waals surface area contributed by atoms with E-state index in [1.54, 1.807) is 24.3 Å². The Morgan fingerprint density at radius 2 is 1.98 bits per heavy atom. The van der Waals surface area contributed by atoms with Crippen LogP contribution in [0.5, 0.6) is 5.75 Å². The van der Waals surface area contributed by atoms with Crippen molar-refractivity contribution < 1.29 is 27.9 Å². The molecule has 11 heteroatoms. The van der Waals surface area contributed by atoms with E-state index >= 15 is 0 Å². The van der Waals surface area contributed by atoms with Crippen LogP contribution in [0.1, 0.15) is 52.3 Å². The van der Waals surface area contributed by atoms with Gasteiger partial charge in [-0.25, -0.2) is 14.5 Å². The predicted octanol–water partition coefficient (Wildman–Crippen LogP) is 5.19. The summed E-state index contributed by atoms with van der Waals surface area (Å²) in [5.74, 6) is 3.07. The first-order chi connectivity index (χ1) is 18.9. The Bertz CT molecular complexity index is 1200. The molecule has 0 amide bonds. The Morgan fingerprint density at radius 3 is 2.48 bits per heavy atom. The van der Waals surface area contributed by atoms with Crippen molar-refractivity contribution in [3.05, 3.63) is 54.0 Å². The van der Waals surface area contributed by atoms with Gasteiger partial charge in [-0.15, -0.1) is 6.42 Å². The number of para-hydroxylation sites is 1. The van der Waals surface area contributed by atoms with Gasteiger partial charge in [0.15, 0.2) is 0 Å². The number of nitrogens with zero attached hydrogens (tertiary/aromatic N) is 2. The zero-order valence-corrected chi connectivity index (χ0v) is 25.2. The average molecular weight is 573 g/mol. The number of terminal acetylenes is 1. The maximum atomic E-state index is 13.4. The number of aryl methyl sites for hydroxylation is 1. The molecular formula is C29H41N4O6P. The highest BCUT2D eigenvalue weighted by atomic mass is 31.2. The van der Waals surface area contributed by atoms with Crippen molar-refractivity contribution in [2.24, 2.45) is 11.8 Å². The third-order valence-electron chi connectivity index (χ3n) is 6.44. The zero-order valence-electron chi connectivity index (χ0n) is 24.3. The molecule has 0 bridgehead atoms. The first-order valence-corrected chi connectivity index (χ1v) is 14.7. The highest BCUT2D eigenvalue weighted by Gasteiger charge is 2.38. The average Bonchev–Trinajstić information content (AvgIpc) is 3.25. The molecule has 5 unspecified atom stereocenters. The van der Waals surface area contributed by atoms with Crippen molar-refractivity contribution in [2.45, 2.75) is 66.2 Å². The molecule has 1 saturated heterocycles.